The van der Waals surface area contributed by atoms with Gasteiger partial charge in [-0.05, 0) is 41.0 Å². The number of fused-ring (bicyclic) bond motifs is 1. The van der Waals surface area contributed by atoms with Gasteiger partial charge in [-0.15, -0.1) is 0 Å². The summed E-state index contributed by atoms with van der Waals surface area (Å²) in [6.07, 6.45) is 2.65. The Bertz CT molecular complexity index is 1470. The molecular weight excluding hydrogens is 447 g/mol. The lowest BCUT2D eigenvalue weighted by Crippen LogP contribution is -1.98. The Morgan fingerprint density at radius 1 is 0.886 bits per heavy atom. The minimum absolute atomic E-state index is 0.212. The summed E-state index contributed by atoms with van der Waals surface area (Å²) in [5.74, 6) is 1.40. The second-order valence-corrected chi connectivity index (χ2v) is 7.98. The van der Waals surface area contributed by atoms with Crippen molar-refractivity contribution in [1.29, 1.82) is 0 Å². The van der Waals surface area contributed by atoms with Gasteiger partial charge in [0.05, 0.1) is 19.7 Å². The topological polar surface area (TPSA) is 82.3 Å². The van der Waals surface area contributed by atoms with Crippen LogP contribution in [0.25, 0.3) is 10.9 Å². The predicted octanol–water partition coefficient (Wildman–Crippen LogP) is 5.70. The summed E-state index contributed by atoms with van der Waals surface area (Å²) in [5, 5.41) is 7.85. The van der Waals surface area contributed by atoms with Gasteiger partial charge in [0, 0.05) is 36.2 Å². The zero-order valence-electron chi connectivity index (χ0n) is 19.3. The van der Waals surface area contributed by atoms with Crippen LogP contribution in [0.5, 0.6) is 11.5 Å². The highest BCUT2D eigenvalue weighted by atomic mass is 19.1. The Morgan fingerprint density at radius 3 is 2.46 bits per heavy atom. The zero-order valence-corrected chi connectivity index (χ0v) is 19.3. The molecule has 5 aromatic rings. The van der Waals surface area contributed by atoms with E-state index in [1.807, 2.05) is 48.5 Å². The molecule has 0 fully saturated rings. The van der Waals surface area contributed by atoms with Gasteiger partial charge in [-0.2, -0.15) is 4.98 Å². The third kappa shape index (κ3) is 4.91. The van der Waals surface area contributed by atoms with Gasteiger partial charge in [0.1, 0.15) is 5.82 Å². The first-order valence-corrected chi connectivity index (χ1v) is 11.0. The third-order valence-corrected chi connectivity index (χ3v) is 5.70. The van der Waals surface area contributed by atoms with Crippen LogP contribution in [-0.4, -0.2) is 29.3 Å². The maximum atomic E-state index is 15.0. The van der Waals surface area contributed by atoms with Crippen molar-refractivity contribution in [2.45, 2.75) is 12.8 Å². The molecule has 0 spiro atoms. The van der Waals surface area contributed by atoms with Gasteiger partial charge in [-0.1, -0.05) is 41.6 Å². The molecule has 176 valence electrons. The lowest BCUT2D eigenvalue weighted by molar-refractivity contribution is 0.356. The summed E-state index contributed by atoms with van der Waals surface area (Å²) in [6.45, 7) is 0. The van der Waals surface area contributed by atoms with E-state index in [0.29, 0.717) is 41.4 Å². The molecule has 0 atom stereocenters. The molecule has 0 radical (unpaired) electrons. The van der Waals surface area contributed by atoms with E-state index in [4.69, 9.17) is 14.0 Å². The molecule has 1 N–H and O–H groups in total. The van der Waals surface area contributed by atoms with Crippen molar-refractivity contribution in [3.63, 3.8) is 0 Å². The van der Waals surface area contributed by atoms with E-state index < -0.39 is 0 Å². The van der Waals surface area contributed by atoms with Crippen molar-refractivity contribution in [2.24, 2.45) is 0 Å². The number of halogens is 1. The van der Waals surface area contributed by atoms with Crippen molar-refractivity contribution in [1.82, 2.24) is 15.1 Å². The van der Waals surface area contributed by atoms with E-state index >= 15 is 4.39 Å². The molecule has 8 heteroatoms. The van der Waals surface area contributed by atoms with Gasteiger partial charge in [-0.3, -0.25) is 4.98 Å². The molecule has 7 nitrogen and oxygen atoms in total. The van der Waals surface area contributed by atoms with Crippen LogP contribution in [0.1, 0.15) is 22.5 Å². The van der Waals surface area contributed by atoms with Gasteiger partial charge in [0.25, 0.3) is 0 Å². The second-order valence-electron chi connectivity index (χ2n) is 7.98. The minimum Gasteiger partial charge on any atom is -0.493 e. The summed E-state index contributed by atoms with van der Waals surface area (Å²) in [7, 11) is 3.16. The number of ether oxygens (including phenoxy) is 2. The lowest BCUT2D eigenvalue weighted by Gasteiger charge is -2.12. The van der Waals surface area contributed by atoms with Gasteiger partial charge in [0.2, 0.25) is 0 Å². The van der Waals surface area contributed by atoms with Crippen LogP contribution in [0.4, 0.5) is 16.1 Å². The Labute approximate surface area is 201 Å². The first-order valence-electron chi connectivity index (χ1n) is 11.0. The SMILES string of the molecule is COc1cc2nccc(Cc3ccc(Nc4nc(Cc5ccccc5)no4)cc3F)c2cc1OC. The molecule has 0 aliphatic heterocycles. The molecule has 0 aliphatic rings. The summed E-state index contributed by atoms with van der Waals surface area (Å²) in [4.78, 5) is 8.76. The molecule has 2 heterocycles. The van der Waals surface area contributed by atoms with Crippen LogP contribution < -0.4 is 14.8 Å². The molecule has 0 aliphatic carbocycles. The highest BCUT2D eigenvalue weighted by molar-refractivity contribution is 5.86. The average molecular weight is 471 g/mol. The molecule has 0 amide bonds. The lowest BCUT2D eigenvalue weighted by atomic mass is 10.00. The number of rotatable bonds is 8. The highest BCUT2D eigenvalue weighted by Crippen LogP contribution is 2.33. The van der Waals surface area contributed by atoms with Crippen molar-refractivity contribution in [2.75, 3.05) is 19.5 Å². The fourth-order valence-corrected chi connectivity index (χ4v) is 3.94. The molecule has 0 unspecified atom stereocenters. The van der Waals surface area contributed by atoms with E-state index in [9.17, 15) is 0 Å². The average Bonchev–Trinajstić information content (AvgIpc) is 3.32. The van der Waals surface area contributed by atoms with E-state index in [1.54, 1.807) is 32.5 Å². The number of hydrogen-bond acceptors (Lipinski definition) is 7. The van der Waals surface area contributed by atoms with Gasteiger partial charge in [0.15, 0.2) is 17.3 Å². The van der Waals surface area contributed by atoms with Crippen molar-refractivity contribution >= 4 is 22.6 Å². The normalized spacial score (nSPS) is 10.9. The molecule has 2 aromatic heterocycles. The molecular formula is C27H23FN4O3. The highest BCUT2D eigenvalue weighted by Gasteiger charge is 2.13. The van der Waals surface area contributed by atoms with Crippen LogP contribution in [0.3, 0.4) is 0 Å². The van der Waals surface area contributed by atoms with Crippen molar-refractivity contribution in [3.05, 3.63) is 101 Å². The summed E-state index contributed by atoms with van der Waals surface area (Å²) in [6, 6.07) is 20.6. The Hall–Kier alpha value is -4.46. The summed E-state index contributed by atoms with van der Waals surface area (Å²) < 4.78 is 31.1. The first-order chi connectivity index (χ1) is 17.1. The summed E-state index contributed by atoms with van der Waals surface area (Å²) >= 11 is 0. The Kier molecular flexibility index (Phi) is 6.26. The van der Waals surface area contributed by atoms with Crippen LogP contribution in [0.15, 0.2) is 77.4 Å². The van der Waals surface area contributed by atoms with Gasteiger partial charge >= 0.3 is 6.01 Å². The number of nitrogens with one attached hydrogen (secondary N) is 1. The number of pyridine rings is 1. The Morgan fingerprint density at radius 2 is 1.69 bits per heavy atom. The molecule has 3 aromatic carbocycles. The second kappa shape index (κ2) is 9.80. The Balaban J connectivity index is 1.33. The number of methoxy groups -OCH3 is 2. The first kappa shape index (κ1) is 22.3. The zero-order chi connectivity index (χ0) is 24.2. The number of nitrogens with zero attached hydrogens (tertiary/aromatic N) is 3. The fourth-order valence-electron chi connectivity index (χ4n) is 3.94. The quantitative estimate of drug-likeness (QED) is 0.311. The fraction of sp³-hybridized carbons (Fsp3) is 0.148. The molecule has 0 bridgehead atoms. The van der Waals surface area contributed by atoms with Crippen molar-refractivity contribution in [3.8, 4) is 11.5 Å². The van der Waals surface area contributed by atoms with E-state index in [-0.39, 0.29) is 11.8 Å². The maximum absolute atomic E-state index is 15.0. The van der Waals surface area contributed by atoms with Crippen LogP contribution in [0.2, 0.25) is 0 Å². The van der Waals surface area contributed by atoms with Crippen LogP contribution >= 0.6 is 0 Å². The maximum Gasteiger partial charge on any atom is 0.325 e. The van der Waals surface area contributed by atoms with Crippen molar-refractivity contribution < 1.29 is 18.4 Å². The smallest absolute Gasteiger partial charge is 0.325 e. The number of aromatic nitrogens is 3. The monoisotopic (exact) mass is 470 g/mol. The summed E-state index contributed by atoms with van der Waals surface area (Å²) in [5.41, 5.74) is 3.83. The molecule has 0 saturated carbocycles. The molecule has 5 rings (SSSR count). The third-order valence-electron chi connectivity index (χ3n) is 5.70. The van der Waals surface area contributed by atoms with E-state index in [2.05, 4.69) is 20.4 Å². The van der Waals surface area contributed by atoms with Gasteiger partial charge in [-0.25, -0.2) is 4.39 Å². The predicted molar refractivity (Wildman–Crippen MR) is 131 cm³/mol. The molecule has 0 saturated heterocycles. The number of hydrogen-bond donors (Lipinski definition) is 1. The van der Waals surface area contributed by atoms with Crippen LogP contribution in [-0.2, 0) is 12.8 Å². The van der Waals surface area contributed by atoms with E-state index in [0.717, 1.165) is 22.0 Å². The number of anilines is 2. The van der Waals surface area contributed by atoms with Crippen LogP contribution in [0, 0.1) is 5.82 Å². The minimum atomic E-state index is -0.343. The standard InChI is InChI=1S/C27H23FN4O3/c1-33-24-15-21-18(10-11-29-23(21)16-25(24)34-2)13-19-8-9-20(14-22(19)28)30-27-31-26(32-35-27)12-17-6-4-3-5-7-17/h3-11,14-16H,12-13H2,1-2H3,(H,30,31,32). The van der Waals surface area contributed by atoms with Gasteiger partial charge < -0.3 is 19.3 Å². The largest absolute Gasteiger partial charge is 0.493 e. The number of benzene rings is 3. The van der Waals surface area contributed by atoms with E-state index in [1.165, 1.54) is 6.07 Å². The molecule has 35 heavy (non-hydrogen) atoms.